The zero-order chi connectivity index (χ0) is 30.9. The van der Waals surface area contributed by atoms with E-state index >= 15 is 0 Å². The second-order valence-corrected chi connectivity index (χ2v) is 14.9. The Labute approximate surface area is 263 Å². The molecule has 4 heterocycles. The van der Waals surface area contributed by atoms with E-state index in [1.807, 2.05) is 0 Å². The van der Waals surface area contributed by atoms with Crippen molar-refractivity contribution in [3.8, 4) is 11.6 Å². The standard InChI is InChI=1S/C31H40ClN7O4S/c1-31(2)17-20(18-35-31)9-13-34-26-16-25(32)28(30(36-26)44(41,42)38-29(40)23-4-3-12-33-19-23)39-14-10-27(37-39)43-15-11-24(21-5-6-21)22-7-8-22/h3-4,10,12,14,16,19-22,24,35H,5-9,11,13,15,17-18H2,1-2H3,(H,34,36)(H,38,40). The van der Waals surface area contributed by atoms with Gasteiger partial charge in [0.25, 0.3) is 15.9 Å². The van der Waals surface area contributed by atoms with E-state index in [2.05, 4.69) is 44.3 Å². The molecule has 3 fully saturated rings. The minimum absolute atomic E-state index is 0.0223. The van der Waals surface area contributed by atoms with Crippen molar-refractivity contribution in [1.29, 1.82) is 0 Å². The summed E-state index contributed by atoms with van der Waals surface area (Å²) in [4.78, 5) is 21.2. The Morgan fingerprint density at radius 3 is 2.66 bits per heavy atom. The van der Waals surface area contributed by atoms with Crippen LogP contribution < -0.4 is 20.1 Å². The van der Waals surface area contributed by atoms with E-state index in [4.69, 9.17) is 16.3 Å². The summed E-state index contributed by atoms with van der Waals surface area (Å²) in [5.41, 5.74) is 0.218. The number of nitrogens with zero attached hydrogens (tertiary/aromatic N) is 4. The van der Waals surface area contributed by atoms with Crippen LogP contribution in [-0.4, -0.2) is 59.3 Å². The number of amides is 1. The van der Waals surface area contributed by atoms with Crippen LogP contribution in [0.1, 0.15) is 69.2 Å². The van der Waals surface area contributed by atoms with E-state index in [0.29, 0.717) is 30.9 Å². The Bertz CT molecular complexity index is 1580. The zero-order valence-corrected chi connectivity index (χ0v) is 26.7. The maximum Gasteiger partial charge on any atom is 0.284 e. The van der Waals surface area contributed by atoms with Crippen molar-refractivity contribution >= 4 is 33.3 Å². The number of rotatable bonds is 14. The second kappa shape index (κ2) is 12.6. The monoisotopic (exact) mass is 641 g/mol. The highest BCUT2D eigenvalue weighted by Crippen LogP contribution is 2.50. The Balaban J connectivity index is 1.21. The average molecular weight is 642 g/mol. The van der Waals surface area contributed by atoms with Gasteiger partial charge in [-0.2, -0.15) is 8.42 Å². The molecule has 1 atom stereocenters. The summed E-state index contributed by atoms with van der Waals surface area (Å²) < 4.78 is 36.8. The van der Waals surface area contributed by atoms with Gasteiger partial charge in [0, 0.05) is 42.8 Å². The van der Waals surface area contributed by atoms with Crippen LogP contribution in [0.3, 0.4) is 0 Å². The van der Waals surface area contributed by atoms with Gasteiger partial charge in [-0.3, -0.25) is 9.78 Å². The molecule has 13 heteroatoms. The molecule has 236 valence electrons. The highest BCUT2D eigenvalue weighted by atomic mass is 35.5. The lowest BCUT2D eigenvalue weighted by atomic mass is 9.95. The van der Waals surface area contributed by atoms with Gasteiger partial charge in [0.1, 0.15) is 11.5 Å². The third-order valence-corrected chi connectivity index (χ3v) is 10.3. The van der Waals surface area contributed by atoms with Crippen molar-refractivity contribution < 1.29 is 17.9 Å². The van der Waals surface area contributed by atoms with Gasteiger partial charge < -0.3 is 15.4 Å². The van der Waals surface area contributed by atoms with E-state index in [1.165, 1.54) is 48.8 Å². The Hall–Kier alpha value is -3.22. The van der Waals surface area contributed by atoms with Crippen molar-refractivity contribution in [3.05, 3.63) is 53.4 Å². The fraction of sp³-hybridized carbons (Fsp3) is 0.548. The molecule has 3 aromatic rings. The number of aromatic nitrogens is 4. The number of carbonyl (C=O) groups excluding carboxylic acids is 1. The summed E-state index contributed by atoms with van der Waals surface area (Å²) in [6.45, 7) is 6.41. The first kappa shape index (κ1) is 30.8. The first-order valence-electron chi connectivity index (χ1n) is 15.4. The Morgan fingerprint density at radius 1 is 1.23 bits per heavy atom. The molecule has 3 aliphatic rings. The SMILES string of the molecule is CC1(C)CC(CCNc2cc(Cl)c(-n3ccc(OCCC(C4CC4)C4CC4)n3)c(S(=O)(=O)NC(=O)c3cccnc3)n2)CN1. The largest absolute Gasteiger partial charge is 0.477 e. The van der Waals surface area contributed by atoms with E-state index in [-0.39, 0.29) is 27.6 Å². The van der Waals surface area contributed by atoms with Gasteiger partial charge in [0.15, 0.2) is 0 Å². The number of carbonyl (C=O) groups is 1. The average Bonchev–Trinajstić information content (AvgIpc) is 3.92. The fourth-order valence-corrected chi connectivity index (χ4v) is 7.78. The first-order chi connectivity index (χ1) is 21.1. The molecule has 3 N–H and O–H groups in total. The highest BCUT2D eigenvalue weighted by Gasteiger charge is 2.41. The Morgan fingerprint density at radius 2 is 2.00 bits per heavy atom. The number of halogens is 1. The van der Waals surface area contributed by atoms with Gasteiger partial charge in [0.2, 0.25) is 10.9 Å². The Kier molecular flexibility index (Phi) is 8.85. The van der Waals surface area contributed by atoms with E-state index in [1.54, 1.807) is 24.4 Å². The lowest BCUT2D eigenvalue weighted by Crippen LogP contribution is -2.32. The first-order valence-corrected chi connectivity index (χ1v) is 17.3. The number of hydrogen-bond acceptors (Lipinski definition) is 9. The lowest BCUT2D eigenvalue weighted by molar-refractivity contribution is 0.0981. The molecule has 1 amide bonds. The highest BCUT2D eigenvalue weighted by molar-refractivity contribution is 7.90. The predicted octanol–water partition coefficient (Wildman–Crippen LogP) is 4.83. The topological polar surface area (TPSA) is 140 Å². The van der Waals surface area contributed by atoms with Crippen molar-refractivity contribution in [1.82, 2.24) is 29.8 Å². The van der Waals surface area contributed by atoms with Crippen LogP contribution in [-0.2, 0) is 10.0 Å². The van der Waals surface area contributed by atoms with Crippen LogP contribution >= 0.6 is 11.6 Å². The minimum Gasteiger partial charge on any atom is -0.477 e. The lowest BCUT2D eigenvalue weighted by Gasteiger charge is -2.17. The van der Waals surface area contributed by atoms with Crippen LogP contribution in [0.2, 0.25) is 5.02 Å². The summed E-state index contributed by atoms with van der Waals surface area (Å²) in [6.07, 6.45) is 12.5. The van der Waals surface area contributed by atoms with Gasteiger partial charge in [-0.15, -0.1) is 5.10 Å². The van der Waals surface area contributed by atoms with E-state index < -0.39 is 21.0 Å². The molecular formula is C31H40ClN7O4S. The summed E-state index contributed by atoms with van der Waals surface area (Å²) in [5.74, 6) is 2.68. The number of pyridine rings is 2. The minimum atomic E-state index is -4.49. The van der Waals surface area contributed by atoms with Gasteiger partial charge in [-0.05, 0) is 101 Å². The number of nitrogens with one attached hydrogen (secondary N) is 3. The molecular weight excluding hydrogens is 602 g/mol. The van der Waals surface area contributed by atoms with Crippen molar-refractivity contribution in [2.45, 2.75) is 69.4 Å². The molecule has 1 unspecified atom stereocenters. The summed E-state index contributed by atoms with van der Waals surface area (Å²) >= 11 is 6.73. The maximum absolute atomic E-state index is 13.7. The summed E-state index contributed by atoms with van der Waals surface area (Å²) in [6, 6.07) is 6.28. The molecule has 0 radical (unpaired) electrons. The van der Waals surface area contributed by atoms with Gasteiger partial charge in [0.05, 0.1) is 17.2 Å². The molecule has 0 bridgehead atoms. The van der Waals surface area contributed by atoms with Crippen molar-refractivity contribution in [2.24, 2.45) is 23.7 Å². The molecule has 0 spiro atoms. The molecule has 1 aliphatic heterocycles. The smallest absolute Gasteiger partial charge is 0.284 e. The summed E-state index contributed by atoms with van der Waals surface area (Å²) in [7, 11) is -4.49. The molecule has 2 aliphatic carbocycles. The van der Waals surface area contributed by atoms with Crippen LogP contribution in [0.5, 0.6) is 5.88 Å². The van der Waals surface area contributed by atoms with Crippen LogP contribution in [0, 0.1) is 23.7 Å². The van der Waals surface area contributed by atoms with Gasteiger partial charge >= 0.3 is 0 Å². The molecule has 11 nitrogen and oxygen atoms in total. The molecule has 1 saturated heterocycles. The van der Waals surface area contributed by atoms with Gasteiger partial charge in [-0.25, -0.2) is 14.4 Å². The molecule has 44 heavy (non-hydrogen) atoms. The second-order valence-electron chi connectivity index (χ2n) is 12.9. The third-order valence-electron chi connectivity index (χ3n) is 8.80. The van der Waals surface area contributed by atoms with E-state index in [9.17, 15) is 13.2 Å². The zero-order valence-electron chi connectivity index (χ0n) is 25.1. The van der Waals surface area contributed by atoms with Gasteiger partial charge in [-0.1, -0.05) is 11.6 Å². The fourth-order valence-electron chi connectivity index (χ4n) is 6.31. The van der Waals surface area contributed by atoms with Crippen LogP contribution in [0.15, 0.2) is 47.9 Å². The van der Waals surface area contributed by atoms with E-state index in [0.717, 1.165) is 37.6 Å². The maximum atomic E-state index is 13.7. The number of ether oxygens (including phenoxy) is 1. The number of hydrogen-bond donors (Lipinski definition) is 3. The van der Waals surface area contributed by atoms with Crippen LogP contribution in [0.4, 0.5) is 5.82 Å². The normalized spacial score (nSPS) is 19.7. The quantitative estimate of drug-likeness (QED) is 0.226. The molecule has 6 rings (SSSR count). The summed E-state index contributed by atoms with van der Waals surface area (Å²) in [5, 5.41) is 10.9. The molecule has 3 aromatic heterocycles. The van der Waals surface area contributed by atoms with Crippen molar-refractivity contribution in [3.63, 3.8) is 0 Å². The number of anilines is 1. The van der Waals surface area contributed by atoms with Crippen LogP contribution in [0.25, 0.3) is 5.69 Å². The molecule has 2 saturated carbocycles. The molecule has 0 aromatic carbocycles. The van der Waals surface area contributed by atoms with Crippen molar-refractivity contribution in [2.75, 3.05) is 25.0 Å². The number of sulfonamides is 1. The predicted molar refractivity (Wildman–Crippen MR) is 168 cm³/mol. The third kappa shape index (κ3) is 7.52.